The van der Waals surface area contributed by atoms with Crippen LogP contribution in [0.1, 0.15) is 40.5 Å². The molecule has 1 heterocycles. The zero-order chi connectivity index (χ0) is 41.7. The molecule has 0 unspecified atom stereocenters. The molecule has 2 aliphatic rings. The summed E-state index contributed by atoms with van der Waals surface area (Å²) in [5, 5.41) is 21.8. The van der Waals surface area contributed by atoms with Gasteiger partial charge in [0.05, 0.1) is 23.6 Å². The first-order valence-electron chi connectivity index (χ1n) is 17.6. The number of Topliss-reactive ketones (excluding diaryl/α,β-unsaturated/α-hetero) is 1. The number of fused-ring (bicyclic) bond motifs is 2. The third-order valence-corrected chi connectivity index (χ3v) is 8.85. The summed E-state index contributed by atoms with van der Waals surface area (Å²) >= 11 is 0. The predicted octanol–water partition coefficient (Wildman–Crippen LogP) is 4.07. The van der Waals surface area contributed by atoms with Gasteiger partial charge in [-0.3, -0.25) is 14.4 Å². The SMILES string of the molecule is CO[C@H]1/C=C\C=C(/C)C(=O)NC2=CC(=O)C(NCCNC(=O)Nc3ccc(OC(F)(F)F)cc3)=C(C[C@@H](C)C[C@H](OC)[C@H](O)[C@@H](C)/C=C(\C)[C@@H]1OC(N)=O)C2=O. The van der Waals surface area contributed by atoms with Crippen molar-refractivity contribution in [3.8, 4) is 5.75 Å². The summed E-state index contributed by atoms with van der Waals surface area (Å²) in [6.45, 7) is 6.67. The van der Waals surface area contributed by atoms with Crippen molar-refractivity contribution >= 4 is 35.3 Å². The summed E-state index contributed by atoms with van der Waals surface area (Å²) in [6, 6.07) is 3.81. The number of aliphatic hydroxyl groups is 1. The monoisotopic (exact) mass is 791 g/mol. The third-order valence-electron chi connectivity index (χ3n) is 8.85. The second-order valence-corrected chi connectivity index (χ2v) is 13.3. The van der Waals surface area contributed by atoms with Crippen LogP contribution in [-0.2, 0) is 28.6 Å². The average Bonchev–Trinajstić information content (AvgIpc) is 3.12. The molecule has 3 rings (SSSR count). The van der Waals surface area contributed by atoms with Crippen LogP contribution in [0.4, 0.5) is 28.4 Å². The lowest BCUT2D eigenvalue weighted by molar-refractivity contribution is -0.274. The molecule has 6 atom stereocenters. The summed E-state index contributed by atoms with van der Waals surface area (Å²) < 4.78 is 57.7. The van der Waals surface area contributed by atoms with Crippen LogP contribution in [0.3, 0.4) is 0 Å². The highest BCUT2D eigenvalue weighted by Crippen LogP contribution is 2.29. The van der Waals surface area contributed by atoms with Gasteiger partial charge in [-0.05, 0) is 62.4 Å². The molecule has 1 aromatic carbocycles. The fourth-order valence-corrected chi connectivity index (χ4v) is 6.06. The lowest BCUT2D eigenvalue weighted by Crippen LogP contribution is -2.39. The number of aliphatic hydroxyl groups excluding tert-OH is 1. The number of carbonyl (C=O) groups is 5. The number of nitrogens with one attached hydrogen (secondary N) is 4. The van der Waals surface area contributed by atoms with Crippen molar-refractivity contribution in [1.29, 1.82) is 0 Å². The number of urea groups is 1. The number of amides is 4. The van der Waals surface area contributed by atoms with E-state index in [1.807, 2.05) is 0 Å². The number of primary amides is 1. The minimum absolute atomic E-state index is 0.0206. The summed E-state index contributed by atoms with van der Waals surface area (Å²) in [4.78, 5) is 64.8. The second-order valence-electron chi connectivity index (χ2n) is 13.3. The van der Waals surface area contributed by atoms with E-state index < -0.39 is 72.0 Å². The maximum atomic E-state index is 13.9. The van der Waals surface area contributed by atoms with Crippen LogP contribution in [0.25, 0.3) is 0 Å². The van der Waals surface area contributed by atoms with Gasteiger partial charge in [0.1, 0.15) is 11.9 Å². The number of ether oxygens (including phenoxy) is 4. The van der Waals surface area contributed by atoms with Crippen molar-refractivity contribution in [2.24, 2.45) is 17.6 Å². The normalized spacial score (nSPS) is 26.8. The Morgan fingerprint density at radius 1 is 1.04 bits per heavy atom. The van der Waals surface area contributed by atoms with Crippen LogP contribution in [-0.4, -0.2) is 92.8 Å². The molecule has 0 spiro atoms. The zero-order valence-electron chi connectivity index (χ0n) is 31.8. The average molecular weight is 792 g/mol. The van der Waals surface area contributed by atoms with Gasteiger partial charge in [-0.15, -0.1) is 13.2 Å². The number of halogens is 3. The molecule has 56 heavy (non-hydrogen) atoms. The number of methoxy groups -OCH3 is 2. The molecule has 1 aromatic rings. The fourth-order valence-electron chi connectivity index (χ4n) is 6.06. The van der Waals surface area contributed by atoms with Crippen LogP contribution in [0.5, 0.6) is 5.75 Å². The first kappa shape index (κ1) is 44.9. The maximum absolute atomic E-state index is 13.9. The molecule has 0 fully saturated rings. The van der Waals surface area contributed by atoms with E-state index in [0.29, 0.717) is 5.57 Å². The minimum Gasteiger partial charge on any atom is -0.439 e. The number of nitrogens with two attached hydrogens (primary N) is 1. The second kappa shape index (κ2) is 20.5. The zero-order valence-corrected chi connectivity index (χ0v) is 31.8. The molecule has 0 aromatic heterocycles. The molecule has 0 saturated heterocycles. The Labute approximate surface area is 322 Å². The van der Waals surface area contributed by atoms with Crippen molar-refractivity contribution in [2.45, 2.75) is 71.3 Å². The Morgan fingerprint density at radius 3 is 2.32 bits per heavy atom. The molecule has 0 radical (unpaired) electrons. The van der Waals surface area contributed by atoms with Gasteiger partial charge in [-0.1, -0.05) is 38.2 Å². The van der Waals surface area contributed by atoms with Gasteiger partial charge in [0.2, 0.25) is 11.6 Å². The van der Waals surface area contributed by atoms with E-state index in [-0.39, 0.29) is 60.1 Å². The number of ketones is 2. The van der Waals surface area contributed by atoms with E-state index in [2.05, 4.69) is 26.0 Å². The topological polar surface area (TPSA) is 217 Å². The number of allylic oxidation sites excluding steroid dienone is 4. The summed E-state index contributed by atoms with van der Waals surface area (Å²) in [7, 11) is 2.82. The van der Waals surface area contributed by atoms with E-state index in [1.165, 1.54) is 51.5 Å². The predicted molar refractivity (Wildman–Crippen MR) is 198 cm³/mol. The van der Waals surface area contributed by atoms with Gasteiger partial charge in [0, 0.05) is 56.1 Å². The smallest absolute Gasteiger partial charge is 0.439 e. The fraction of sp³-hybridized carbons (Fsp3) is 0.447. The molecule has 18 heteroatoms. The van der Waals surface area contributed by atoms with E-state index in [0.717, 1.165) is 18.2 Å². The van der Waals surface area contributed by atoms with E-state index in [4.69, 9.17) is 19.9 Å². The lowest BCUT2D eigenvalue weighted by atomic mass is 9.85. The molecule has 2 bridgehead atoms. The van der Waals surface area contributed by atoms with Crippen molar-refractivity contribution in [2.75, 3.05) is 32.6 Å². The molecule has 1 aliphatic heterocycles. The Balaban J connectivity index is 1.86. The van der Waals surface area contributed by atoms with Crippen molar-refractivity contribution in [1.82, 2.24) is 16.0 Å². The summed E-state index contributed by atoms with van der Waals surface area (Å²) in [5.41, 5.74) is 5.99. The Kier molecular flexibility index (Phi) is 16.4. The van der Waals surface area contributed by atoms with Gasteiger partial charge < -0.3 is 51.1 Å². The first-order chi connectivity index (χ1) is 26.3. The number of anilines is 1. The van der Waals surface area contributed by atoms with Crippen LogP contribution in [0.15, 0.2) is 82.8 Å². The molecule has 0 saturated carbocycles. The maximum Gasteiger partial charge on any atom is 0.573 e. The van der Waals surface area contributed by atoms with Crippen LogP contribution in [0.2, 0.25) is 0 Å². The van der Waals surface area contributed by atoms with E-state index in [1.54, 1.807) is 26.8 Å². The highest BCUT2D eigenvalue weighted by molar-refractivity contribution is 6.23. The Morgan fingerprint density at radius 2 is 1.71 bits per heavy atom. The summed E-state index contributed by atoms with van der Waals surface area (Å²) in [6.07, 6.45) is -2.11. The lowest BCUT2D eigenvalue weighted by Gasteiger charge is -2.30. The molecule has 15 nitrogen and oxygen atoms in total. The third kappa shape index (κ3) is 13.4. The van der Waals surface area contributed by atoms with Gasteiger partial charge >= 0.3 is 18.5 Å². The number of benzene rings is 1. The number of alkyl halides is 3. The molecular weight excluding hydrogens is 743 g/mol. The van der Waals surface area contributed by atoms with Gasteiger partial charge in [-0.25, -0.2) is 9.59 Å². The highest BCUT2D eigenvalue weighted by Gasteiger charge is 2.34. The number of carbonyl (C=O) groups excluding carboxylic acids is 5. The highest BCUT2D eigenvalue weighted by atomic mass is 19.4. The van der Waals surface area contributed by atoms with Crippen molar-refractivity contribution in [3.63, 3.8) is 0 Å². The van der Waals surface area contributed by atoms with Gasteiger partial charge in [0.15, 0.2) is 6.10 Å². The molecule has 4 amide bonds. The van der Waals surface area contributed by atoms with Gasteiger partial charge in [0.25, 0.3) is 5.91 Å². The first-order valence-corrected chi connectivity index (χ1v) is 17.6. The molecule has 7 N–H and O–H groups in total. The standard InChI is InChI=1S/C38H48F3N5O10/c1-20-16-26-31(43-14-15-44-37(52)45-24-10-12-25(13-11-24)56-38(39,40)41)28(47)19-27(33(26)49)46-35(50)21(2)8-7-9-29(53-5)34(55-36(42)51)23(4)18-22(3)32(48)30(17-20)54-6/h7-13,18-20,22,29-30,32,34,43,48H,14-17H2,1-6H3,(H2,42,51)(H,46,50)(H2,44,45,52)/b9-7-,21-8+,23-18+/t20-,22+,29+,30+,32-,34+/m1/s1. The largest absolute Gasteiger partial charge is 0.573 e. The van der Waals surface area contributed by atoms with Crippen LogP contribution < -0.4 is 31.7 Å². The quantitative estimate of drug-likeness (QED) is 0.119. The van der Waals surface area contributed by atoms with Crippen LogP contribution >= 0.6 is 0 Å². The number of hydrogen-bond donors (Lipinski definition) is 6. The molecule has 306 valence electrons. The van der Waals surface area contributed by atoms with Crippen molar-refractivity contribution in [3.05, 3.63) is 82.8 Å². The number of rotatable bonds is 9. The molecular formula is C38H48F3N5O10. The minimum atomic E-state index is -4.86. The number of hydrogen-bond acceptors (Lipinski definition) is 11. The van der Waals surface area contributed by atoms with Crippen molar-refractivity contribution < 1.29 is 61.2 Å². The molecule has 1 aliphatic carbocycles. The van der Waals surface area contributed by atoms with E-state index >= 15 is 0 Å². The van der Waals surface area contributed by atoms with Crippen LogP contribution in [0, 0.1) is 11.8 Å². The van der Waals surface area contributed by atoms with Gasteiger partial charge in [-0.2, -0.15) is 0 Å². The Bertz CT molecular complexity index is 1770. The Hall–Kier alpha value is -5.46. The van der Waals surface area contributed by atoms with E-state index in [9.17, 15) is 42.3 Å². The summed E-state index contributed by atoms with van der Waals surface area (Å²) in [5.74, 6) is -3.26.